The minimum atomic E-state index is -0.332. The summed E-state index contributed by atoms with van der Waals surface area (Å²) in [6.45, 7) is 1.67. The molecule has 1 aliphatic heterocycles. The van der Waals surface area contributed by atoms with E-state index in [2.05, 4.69) is 0 Å². The van der Waals surface area contributed by atoms with Crippen molar-refractivity contribution in [3.63, 3.8) is 0 Å². The number of nitrogens with zero attached hydrogens (tertiary/aromatic N) is 3. The van der Waals surface area contributed by atoms with E-state index < -0.39 is 0 Å². The Labute approximate surface area is 195 Å². The molecule has 1 fully saturated rings. The quantitative estimate of drug-likeness (QED) is 0.578. The molecule has 0 N–H and O–H groups in total. The molecule has 1 aromatic heterocycles. The summed E-state index contributed by atoms with van der Waals surface area (Å²) < 4.78 is 13.1. The summed E-state index contributed by atoms with van der Waals surface area (Å²) in [4.78, 5) is 44.2. The molecule has 0 saturated carbocycles. The summed E-state index contributed by atoms with van der Waals surface area (Å²) in [7, 11) is 1.67. The van der Waals surface area contributed by atoms with E-state index in [0.29, 0.717) is 42.3 Å². The highest BCUT2D eigenvalue weighted by atomic mass is 32.1. The van der Waals surface area contributed by atoms with Gasteiger partial charge in [0.05, 0.1) is 22.5 Å². The van der Waals surface area contributed by atoms with Crippen molar-refractivity contribution in [1.82, 2.24) is 9.80 Å². The van der Waals surface area contributed by atoms with E-state index in [9.17, 15) is 18.8 Å². The SMILES string of the molecule is CN(C(=O)c1cccs1)c1ccccc1C(=O)N1CCN(C(=O)Cc2ccc(F)cc2)CC1. The maximum atomic E-state index is 13.3. The van der Waals surface area contributed by atoms with Crippen molar-refractivity contribution in [3.05, 3.63) is 87.9 Å². The fourth-order valence-corrected chi connectivity index (χ4v) is 4.54. The van der Waals surface area contributed by atoms with Crippen LogP contribution in [0.1, 0.15) is 25.6 Å². The second kappa shape index (κ2) is 9.95. The standard InChI is InChI=1S/C25H24FN3O3S/c1-27(25(32)22-7-4-16-33-22)21-6-3-2-5-20(21)24(31)29-14-12-28(13-15-29)23(30)17-18-8-10-19(26)11-9-18/h2-11,16H,12-15,17H2,1H3. The highest BCUT2D eigenvalue weighted by Crippen LogP contribution is 2.24. The summed E-state index contributed by atoms with van der Waals surface area (Å²) in [5.74, 6) is -0.708. The van der Waals surface area contributed by atoms with E-state index in [0.717, 1.165) is 5.56 Å². The van der Waals surface area contributed by atoms with Crippen LogP contribution >= 0.6 is 11.3 Å². The van der Waals surface area contributed by atoms with E-state index in [1.165, 1.54) is 28.4 Å². The second-order valence-electron chi connectivity index (χ2n) is 7.83. The molecular weight excluding hydrogens is 441 g/mol. The van der Waals surface area contributed by atoms with Gasteiger partial charge in [0.25, 0.3) is 11.8 Å². The number of thiophene rings is 1. The van der Waals surface area contributed by atoms with Crippen LogP contribution in [0.4, 0.5) is 10.1 Å². The van der Waals surface area contributed by atoms with Gasteiger partial charge in [0.1, 0.15) is 5.82 Å². The average molecular weight is 466 g/mol. The maximum Gasteiger partial charge on any atom is 0.268 e. The van der Waals surface area contributed by atoms with Gasteiger partial charge in [0, 0.05) is 33.2 Å². The first-order chi connectivity index (χ1) is 15.9. The number of anilines is 1. The summed E-state index contributed by atoms with van der Waals surface area (Å²) in [6, 6.07) is 16.6. The zero-order valence-electron chi connectivity index (χ0n) is 18.2. The number of piperazine rings is 1. The minimum absolute atomic E-state index is 0.0459. The number of hydrogen-bond donors (Lipinski definition) is 0. The fourth-order valence-electron chi connectivity index (χ4n) is 3.84. The van der Waals surface area contributed by atoms with Crippen LogP contribution in [0.2, 0.25) is 0 Å². The lowest BCUT2D eigenvalue weighted by Gasteiger charge is -2.35. The molecule has 0 aliphatic carbocycles. The van der Waals surface area contributed by atoms with E-state index in [1.54, 1.807) is 59.3 Å². The third-order valence-electron chi connectivity index (χ3n) is 5.72. The number of para-hydroxylation sites is 1. The Morgan fingerprint density at radius 2 is 1.58 bits per heavy atom. The van der Waals surface area contributed by atoms with Gasteiger partial charge < -0.3 is 14.7 Å². The number of benzene rings is 2. The highest BCUT2D eigenvalue weighted by molar-refractivity contribution is 7.12. The van der Waals surface area contributed by atoms with Gasteiger partial charge in [-0.15, -0.1) is 11.3 Å². The maximum absolute atomic E-state index is 13.3. The van der Waals surface area contributed by atoms with Crippen LogP contribution in [0, 0.1) is 5.82 Å². The van der Waals surface area contributed by atoms with Gasteiger partial charge >= 0.3 is 0 Å². The molecule has 0 radical (unpaired) electrons. The monoisotopic (exact) mass is 465 g/mol. The number of rotatable bonds is 5. The largest absolute Gasteiger partial charge is 0.339 e. The molecular formula is C25H24FN3O3S. The van der Waals surface area contributed by atoms with Gasteiger partial charge in [-0.05, 0) is 41.3 Å². The lowest BCUT2D eigenvalue weighted by Crippen LogP contribution is -2.51. The van der Waals surface area contributed by atoms with Crippen LogP contribution in [0.5, 0.6) is 0 Å². The molecule has 3 amide bonds. The summed E-state index contributed by atoms with van der Waals surface area (Å²) >= 11 is 1.36. The minimum Gasteiger partial charge on any atom is -0.339 e. The molecule has 2 heterocycles. The molecule has 0 spiro atoms. The lowest BCUT2D eigenvalue weighted by atomic mass is 10.1. The Kier molecular flexibility index (Phi) is 6.84. The molecule has 1 aliphatic rings. The molecule has 6 nitrogen and oxygen atoms in total. The van der Waals surface area contributed by atoms with Gasteiger partial charge in [-0.25, -0.2) is 4.39 Å². The molecule has 0 unspecified atom stereocenters. The van der Waals surface area contributed by atoms with Crippen LogP contribution in [-0.4, -0.2) is 60.7 Å². The van der Waals surface area contributed by atoms with Crippen LogP contribution < -0.4 is 4.90 Å². The fraction of sp³-hybridized carbons (Fsp3) is 0.240. The van der Waals surface area contributed by atoms with Gasteiger partial charge in [0.15, 0.2) is 0 Å². The predicted molar refractivity (Wildman–Crippen MR) is 126 cm³/mol. The van der Waals surface area contributed by atoms with Crippen molar-refractivity contribution >= 4 is 34.7 Å². The third kappa shape index (κ3) is 5.12. The number of carbonyl (C=O) groups excluding carboxylic acids is 3. The van der Waals surface area contributed by atoms with Crippen molar-refractivity contribution in [2.24, 2.45) is 0 Å². The zero-order chi connectivity index (χ0) is 23.4. The van der Waals surface area contributed by atoms with Crippen molar-refractivity contribution in [1.29, 1.82) is 0 Å². The second-order valence-corrected chi connectivity index (χ2v) is 8.78. The molecule has 170 valence electrons. The molecule has 0 bridgehead atoms. The molecule has 1 saturated heterocycles. The summed E-state index contributed by atoms with van der Waals surface area (Å²) in [5.41, 5.74) is 1.76. The van der Waals surface area contributed by atoms with Gasteiger partial charge in [0.2, 0.25) is 5.91 Å². The number of halogens is 1. The number of hydrogen-bond acceptors (Lipinski definition) is 4. The Bertz CT molecular complexity index is 1140. The first-order valence-electron chi connectivity index (χ1n) is 10.7. The molecule has 0 atom stereocenters. The molecule has 3 aromatic rings. The average Bonchev–Trinajstić information content (AvgIpc) is 3.39. The molecule has 33 heavy (non-hydrogen) atoms. The highest BCUT2D eigenvalue weighted by Gasteiger charge is 2.27. The summed E-state index contributed by atoms with van der Waals surface area (Å²) in [6.07, 6.45) is 0.201. The van der Waals surface area contributed by atoms with E-state index in [1.807, 2.05) is 11.4 Å². The molecule has 2 aromatic carbocycles. The Balaban J connectivity index is 1.40. The van der Waals surface area contributed by atoms with Crippen LogP contribution in [0.3, 0.4) is 0 Å². The lowest BCUT2D eigenvalue weighted by molar-refractivity contribution is -0.131. The Morgan fingerprint density at radius 3 is 2.24 bits per heavy atom. The first-order valence-corrected chi connectivity index (χ1v) is 11.5. The van der Waals surface area contributed by atoms with Crippen molar-refractivity contribution in [2.75, 3.05) is 38.1 Å². The van der Waals surface area contributed by atoms with Gasteiger partial charge in [-0.2, -0.15) is 0 Å². The van der Waals surface area contributed by atoms with Crippen molar-refractivity contribution < 1.29 is 18.8 Å². The first kappa shape index (κ1) is 22.7. The summed E-state index contributed by atoms with van der Waals surface area (Å²) in [5, 5.41) is 1.84. The van der Waals surface area contributed by atoms with E-state index in [-0.39, 0.29) is 30.0 Å². The predicted octanol–water partition coefficient (Wildman–Crippen LogP) is 3.69. The van der Waals surface area contributed by atoms with Gasteiger partial charge in [-0.3, -0.25) is 14.4 Å². The normalized spacial score (nSPS) is 13.6. The van der Waals surface area contributed by atoms with Gasteiger partial charge in [-0.1, -0.05) is 30.3 Å². The Morgan fingerprint density at radius 1 is 0.909 bits per heavy atom. The third-order valence-corrected chi connectivity index (χ3v) is 6.58. The van der Waals surface area contributed by atoms with E-state index >= 15 is 0 Å². The van der Waals surface area contributed by atoms with Crippen LogP contribution in [0.25, 0.3) is 0 Å². The van der Waals surface area contributed by atoms with Crippen LogP contribution in [0.15, 0.2) is 66.0 Å². The smallest absolute Gasteiger partial charge is 0.268 e. The van der Waals surface area contributed by atoms with Crippen molar-refractivity contribution in [2.45, 2.75) is 6.42 Å². The molecule has 8 heteroatoms. The zero-order valence-corrected chi connectivity index (χ0v) is 19.1. The number of amides is 3. The number of carbonyl (C=O) groups is 3. The van der Waals surface area contributed by atoms with Crippen molar-refractivity contribution in [3.8, 4) is 0 Å². The Hall–Kier alpha value is -3.52. The van der Waals surface area contributed by atoms with E-state index in [4.69, 9.17) is 0 Å². The van der Waals surface area contributed by atoms with Crippen LogP contribution in [-0.2, 0) is 11.2 Å². The molecule has 4 rings (SSSR count). The topological polar surface area (TPSA) is 60.9 Å².